The smallest absolute Gasteiger partial charge is 0.343 e. The Kier molecular flexibility index (Phi) is 3.93. The van der Waals surface area contributed by atoms with Crippen molar-refractivity contribution in [3.8, 4) is 11.1 Å². The minimum Gasteiger partial charge on any atom is -0.465 e. The average molecular weight is 298 g/mol. The van der Waals surface area contributed by atoms with Crippen molar-refractivity contribution in [3.05, 3.63) is 56.4 Å². The maximum atomic E-state index is 11.5. The van der Waals surface area contributed by atoms with Crippen LogP contribution in [0.4, 0.5) is 0 Å². The van der Waals surface area contributed by atoms with E-state index in [2.05, 4.69) is 9.72 Å². The van der Waals surface area contributed by atoms with Gasteiger partial charge in [0.2, 0.25) is 0 Å². The highest BCUT2D eigenvalue weighted by atomic mass is 35.5. The summed E-state index contributed by atoms with van der Waals surface area (Å²) in [6.45, 7) is 0. The number of aromatic amines is 1. The van der Waals surface area contributed by atoms with Crippen LogP contribution in [-0.2, 0) is 4.74 Å². The lowest BCUT2D eigenvalue weighted by Gasteiger charge is -2.05. The molecule has 98 valence electrons. The molecule has 1 heterocycles. The average Bonchev–Trinajstić information content (AvgIpc) is 2.41. The number of carbonyl (C=O) groups is 1. The molecule has 0 saturated heterocycles. The molecule has 1 N–H and O–H groups in total. The number of methoxy groups -OCH3 is 1. The first-order chi connectivity index (χ1) is 9.02. The Balaban J connectivity index is 2.54. The number of nitrogens with one attached hydrogen (secondary N) is 1. The molecule has 0 aliphatic carbocycles. The Bertz CT molecular complexity index is 695. The Morgan fingerprint density at radius 1 is 1.16 bits per heavy atom. The third-order valence-electron chi connectivity index (χ3n) is 2.56. The van der Waals surface area contributed by atoms with Gasteiger partial charge in [0.25, 0.3) is 5.56 Å². The van der Waals surface area contributed by atoms with Crippen molar-refractivity contribution in [1.29, 1.82) is 0 Å². The quantitative estimate of drug-likeness (QED) is 0.866. The lowest BCUT2D eigenvalue weighted by Crippen LogP contribution is -2.18. The SMILES string of the molecule is COC(=O)c1cc(-c2ccc(Cl)c(Cl)c2)c[nH]c1=O. The number of halogens is 2. The van der Waals surface area contributed by atoms with Gasteiger partial charge in [-0.25, -0.2) is 4.79 Å². The molecule has 0 spiro atoms. The summed E-state index contributed by atoms with van der Waals surface area (Å²) in [6, 6.07) is 6.48. The number of pyridine rings is 1. The Morgan fingerprint density at radius 2 is 1.89 bits per heavy atom. The number of benzene rings is 1. The number of esters is 1. The van der Waals surface area contributed by atoms with Crippen molar-refractivity contribution < 1.29 is 9.53 Å². The molecule has 0 aliphatic rings. The first-order valence-electron chi connectivity index (χ1n) is 5.29. The van der Waals surface area contributed by atoms with Gasteiger partial charge in [0, 0.05) is 6.20 Å². The van der Waals surface area contributed by atoms with E-state index in [0.717, 1.165) is 5.56 Å². The van der Waals surface area contributed by atoms with Gasteiger partial charge >= 0.3 is 5.97 Å². The molecule has 2 aromatic rings. The molecule has 0 atom stereocenters. The van der Waals surface area contributed by atoms with Crippen LogP contribution >= 0.6 is 23.2 Å². The summed E-state index contributed by atoms with van der Waals surface area (Å²) in [6.07, 6.45) is 1.49. The van der Waals surface area contributed by atoms with Crippen LogP contribution in [0.3, 0.4) is 0 Å². The van der Waals surface area contributed by atoms with Crippen molar-refractivity contribution in [1.82, 2.24) is 4.98 Å². The maximum absolute atomic E-state index is 11.5. The van der Waals surface area contributed by atoms with Crippen LogP contribution in [0.15, 0.2) is 35.3 Å². The van der Waals surface area contributed by atoms with E-state index in [9.17, 15) is 9.59 Å². The van der Waals surface area contributed by atoms with Gasteiger partial charge < -0.3 is 9.72 Å². The molecule has 0 fully saturated rings. The normalized spacial score (nSPS) is 10.3. The highest BCUT2D eigenvalue weighted by Gasteiger charge is 2.12. The highest BCUT2D eigenvalue weighted by Crippen LogP contribution is 2.28. The van der Waals surface area contributed by atoms with E-state index in [4.69, 9.17) is 23.2 Å². The fourth-order valence-electron chi connectivity index (χ4n) is 1.59. The monoisotopic (exact) mass is 297 g/mol. The summed E-state index contributed by atoms with van der Waals surface area (Å²) >= 11 is 11.8. The molecule has 1 aromatic heterocycles. The first-order valence-corrected chi connectivity index (χ1v) is 6.05. The van der Waals surface area contributed by atoms with Crippen LogP contribution in [0.2, 0.25) is 10.0 Å². The van der Waals surface area contributed by atoms with E-state index in [-0.39, 0.29) is 5.56 Å². The summed E-state index contributed by atoms with van der Waals surface area (Å²) in [7, 11) is 1.22. The number of hydrogen-bond donors (Lipinski definition) is 1. The van der Waals surface area contributed by atoms with E-state index < -0.39 is 11.5 Å². The van der Waals surface area contributed by atoms with Gasteiger partial charge in [0.1, 0.15) is 5.56 Å². The molecule has 0 unspecified atom stereocenters. The minimum absolute atomic E-state index is 0.0638. The number of carbonyl (C=O) groups excluding carboxylic acids is 1. The second kappa shape index (κ2) is 5.47. The summed E-state index contributed by atoms with van der Waals surface area (Å²) in [5, 5.41) is 0.827. The van der Waals surface area contributed by atoms with E-state index in [1.54, 1.807) is 18.2 Å². The van der Waals surface area contributed by atoms with Gasteiger partial charge in [0.15, 0.2) is 0 Å². The molecular formula is C13H9Cl2NO3. The molecule has 0 aliphatic heterocycles. The zero-order valence-electron chi connectivity index (χ0n) is 9.87. The van der Waals surface area contributed by atoms with Crippen molar-refractivity contribution in [3.63, 3.8) is 0 Å². The molecule has 4 nitrogen and oxygen atoms in total. The van der Waals surface area contributed by atoms with Crippen molar-refractivity contribution in [2.75, 3.05) is 7.11 Å². The number of aromatic nitrogens is 1. The van der Waals surface area contributed by atoms with E-state index in [1.165, 1.54) is 19.4 Å². The van der Waals surface area contributed by atoms with Gasteiger partial charge in [0.05, 0.1) is 17.2 Å². The van der Waals surface area contributed by atoms with Crippen molar-refractivity contribution >= 4 is 29.2 Å². The highest BCUT2D eigenvalue weighted by molar-refractivity contribution is 6.42. The lowest BCUT2D eigenvalue weighted by atomic mass is 10.1. The largest absolute Gasteiger partial charge is 0.465 e. The second-order valence-corrected chi connectivity index (χ2v) is 4.57. The summed E-state index contributed by atoms with van der Waals surface area (Å²) in [4.78, 5) is 25.5. The number of hydrogen-bond acceptors (Lipinski definition) is 3. The van der Waals surface area contributed by atoms with Gasteiger partial charge in [-0.15, -0.1) is 0 Å². The van der Waals surface area contributed by atoms with Crippen LogP contribution in [0.25, 0.3) is 11.1 Å². The molecule has 0 bridgehead atoms. The maximum Gasteiger partial charge on any atom is 0.343 e. The van der Waals surface area contributed by atoms with E-state index in [0.29, 0.717) is 15.6 Å². The van der Waals surface area contributed by atoms with Gasteiger partial charge in [-0.3, -0.25) is 4.79 Å². The first kappa shape index (κ1) is 13.6. The topological polar surface area (TPSA) is 59.2 Å². The zero-order valence-corrected chi connectivity index (χ0v) is 11.4. The second-order valence-electron chi connectivity index (χ2n) is 3.75. The molecule has 1 aromatic carbocycles. The Morgan fingerprint density at radius 3 is 2.53 bits per heavy atom. The molecule has 0 radical (unpaired) electrons. The number of H-pyrrole nitrogens is 1. The third kappa shape index (κ3) is 2.80. The van der Waals surface area contributed by atoms with Gasteiger partial charge in [-0.2, -0.15) is 0 Å². The molecule has 0 amide bonds. The molecule has 6 heteroatoms. The van der Waals surface area contributed by atoms with Crippen molar-refractivity contribution in [2.45, 2.75) is 0 Å². The van der Waals surface area contributed by atoms with E-state index in [1.807, 2.05) is 0 Å². The van der Waals surface area contributed by atoms with Gasteiger partial charge in [-0.05, 0) is 29.3 Å². The summed E-state index contributed by atoms with van der Waals surface area (Å²) < 4.78 is 4.54. The predicted octanol–water partition coefficient (Wildman–Crippen LogP) is 3.14. The van der Waals surface area contributed by atoms with Gasteiger partial charge in [-0.1, -0.05) is 29.3 Å². The van der Waals surface area contributed by atoms with Crippen molar-refractivity contribution in [2.24, 2.45) is 0 Å². The van der Waals surface area contributed by atoms with Crippen LogP contribution in [0, 0.1) is 0 Å². The zero-order chi connectivity index (χ0) is 14.0. The lowest BCUT2D eigenvalue weighted by molar-refractivity contribution is 0.0598. The molecule has 2 rings (SSSR count). The summed E-state index contributed by atoms with van der Waals surface area (Å²) in [5.74, 6) is -0.692. The molecule has 0 saturated carbocycles. The fraction of sp³-hybridized carbons (Fsp3) is 0.0769. The Labute approximate surface area is 118 Å². The fourth-order valence-corrected chi connectivity index (χ4v) is 1.89. The minimum atomic E-state index is -0.692. The number of rotatable bonds is 2. The standard InChI is InChI=1S/C13H9Cl2NO3/c1-19-13(18)9-4-8(6-16-12(9)17)7-2-3-10(14)11(15)5-7/h2-6H,1H3,(H,16,17). The molecule has 19 heavy (non-hydrogen) atoms. The van der Waals surface area contributed by atoms with Crippen LogP contribution in [0.1, 0.15) is 10.4 Å². The van der Waals surface area contributed by atoms with Crippen LogP contribution in [0.5, 0.6) is 0 Å². The summed E-state index contributed by atoms with van der Waals surface area (Å²) in [5.41, 5.74) is 0.802. The van der Waals surface area contributed by atoms with Crippen LogP contribution in [-0.4, -0.2) is 18.1 Å². The predicted molar refractivity (Wildman–Crippen MR) is 73.9 cm³/mol. The Hall–Kier alpha value is -1.78. The third-order valence-corrected chi connectivity index (χ3v) is 3.30. The van der Waals surface area contributed by atoms with E-state index >= 15 is 0 Å². The molecular weight excluding hydrogens is 289 g/mol. The number of ether oxygens (including phenoxy) is 1. The van der Waals surface area contributed by atoms with Crippen LogP contribution < -0.4 is 5.56 Å².